The molecule has 0 saturated carbocycles. The lowest BCUT2D eigenvalue weighted by Crippen LogP contribution is -2.01. The number of hydrogen-bond donors (Lipinski definition) is 1. The van der Waals surface area contributed by atoms with Gasteiger partial charge in [0.1, 0.15) is 0 Å². The molecule has 0 aliphatic rings. The summed E-state index contributed by atoms with van der Waals surface area (Å²) in [4.78, 5) is 10.6. The number of methoxy groups -OCH3 is 2. The second-order valence-corrected chi connectivity index (χ2v) is 4.21. The highest BCUT2D eigenvalue weighted by Crippen LogP contribution is 2.39. The van der Waals surface area contributed by atoms with Gasteiger partial charge in [-0.1, -0.05) is 6.08 Å². The summed E-state index contributed by atoms with van der Waals surface area (Å²) < 4.78 is 16.3. The van der Waals surface area contributed by atoms with E-state index in [1.165, 1.54) is 20.3 Å². The molecular weight excluding hydrogens is 272 g/mol. The number of allylic oxidation sites excluding steroid dienone is 1. The van der Waals surface area contributed by atoms with Gasteiger partial charge in [0.15, 0.2) is 11.5 Å². The van der Waals surface area contributed by atoms with Crippen molar-refractivity contribution in [1.29, 1.82) is 0 Å². The zero-order chi connectivity index (χ0) is 15.7. The molecule has 1 N–H and O–H groups in total. The molecule has 0 fully saturated rings. The number of aliphatic carboxylic acids is 1. The summed E-state index contributed by atoms with van der Waals surface area (Å²) in [5.41, 5.74) is 0.657. The molecule has 5 heteroatoms. The molecule has 114 valence electrons. The molecule has 21 heavy (non-hydrogen) atoms. The number of ether oxygens (including phenoxy) is 3. The standard InChI is InChI=1S/C16H20O5/c1-4-5-6-9-21-16-13(19-2)10-12(7-8-15(17)18)11-14(16)20-3/h4,7-8,10-11H,1,5-6,9H2,2-3H3,(H,17,18). The van der Waals surface area contributed by atoms with Gasteiger partial charge in [0.2, 0.25) is 5.75 Å². The summed E-state index contributed by atoms with van der Waals surface area (Å²) in [5.74, 6) is 0.491. The smallest absolute Gasteiger partial charge is 0.328 e. The maximum atomic E-state index is 10.6. The number of benzene rings is 1. The van der Waals surface area contributed by atoms with Gasteiger partial charge in [-0.05, 0) is 36.6 Å². The van der Waals surface area contributed by atoms with E-state index in [-0.39, 0.29) is 0 Å². The van der Waals surface area contributed by atoms with E-state index >= 15 is 0 Å². The Morgan fingerprint density at radius 3 is 2.38 bits per heavy atom. The molecule has 0 atom stereocenters. The SMILES string of the molecule is C=CCCCOc1c(OC)cc(C=CC(=O)O)cc1OC. The van der Waals surface area contributed by atoms with E-state index < -0.39 is 5.97 Å². The van der Waals surface area contributed by atoms with Crippen LogP contribution in [0.3, 0.4) is 0 Å². The first-order valence-electron chi connectivity index (χ1n) is 6.53. The van der Waals surface area contributed by atoms with E-state index in [1.807, 2.05) is 6.08 Å². The van der Waals surface area contributed by atoms with Crippen LogP contribution in [0.1, 0.15) is 18.4 Å². The van der Waals surface area contributed by atoms with Gasteiger partial charge in [0.05, 0.1) is 20.8 Å². The second kappa shape index (κ2) is 8.68. The number of carboxylic acid groups (broad SMARTS) is 1. The lowest BCUT2D eigenvalue weighted by atomic mass is 10.1. The molecule has 0 radical (unpaired) electrons. The Kier molecular flexibility index (Phi) is 6.87. The largest absolute Gasteiger partial charge is 0.493 e. The van der Waals surface area contributed by atoms with Gasteiger partial charge in [0, 0.05) is 6.08 Å². The third-order valence-electron chi connectivity index (χ3n) is 2.70. The Hall–Kier alpha value is -2.43. The lowest BCUT2D eigenvalue weighted by molar-refractivity contribution is -0.131. The normalized spacial score (nSPS) is 10.4. The molecule has 0 bridgehead atoms. The van der Waals surface area contributed by atoms with Crippen LogP contribution < -0.4 is 14.2 Å². The quantitative estimate of drug-likeness (QED) is 0.430. The number of carbonyl (C=O) groups is 1. The van der Waals surface area contributed by atoms with Crippen LogP contribution in [0.25, 0.3) is 6.08 Å². The second-order valence-electron chi connectivity index (χ2n) is 4.21. The molecule has 1 aromatic carbocycles. The van der Waals surface area contributed by atoms with Crippen LogP contribution in [-0.4, -0.2) is 31.9 Å². The molecule has 0 aromatic heterocycles. The molecule has 5 nitrogen and oxygen atoms in total. The maximum Gasteiger partial charge on any atom is 0.328 e. The summed E-state index contributed by atoms with van der Waals surface area (Å²) in [5, 5.41) is 8.67. The van der Waals surface area contributed by atoms with Gasteiger partial charge in [-0.15, -0.1) is 6.58 Å². The monoisotopic (exact) mass is 292 g/mol. The Labute approximate surface area is 124 Å². The van der Waals surface area contributed by atoms with Crippen LogP contribution in [0.5, 0.6) is 17.2 Å². The average molecular weight is 292 g/mol. The van der Waals surface area contributed by atoms with Crippen LogP contribution in [0.4, 0.5) is 0 Å². The van der Waals surface area contributed by atoms with Crippen LogP contribution in [0, 0.1) is 0 Å². The van der Waals surface area contributed by atoms with E-state index in [1.54, 1.807) is 12.1 Å². The van der Waals surface area contributed by atoms with Crippen molar-refractivity contribution in [1.82, 2.24) is 0 Å². The van der Waals surface area contributed by atoms with Gasteiger partial charge < -0.3 is 19.3 Å². The first kappa shape index (κ1) is 16.6. The third-order valence-corrected chi connectivity index (χ3v) is 2.70. The summed E-state index contributed by atoms with van der Waals surface area (Å²) in [6.45, 7) is 4.18. The van der Waals surface area contributed by atoms with E-state index in [0.29, 0.717) is 29.4 Å². The minimum Gasteiger partial charge on any atom is -0.493 e. The van der Waals surface area contributed by atoms with Gasteiger partial charge >= 0.3 is 5.97 Å². The molecule has 0 spiro atoms. The Bertz CT molecular complexity index is 494. The summed E-state index contributed by atoms with van der Waals surface area (Å²) >= 11 is 0. The van der Waals surface area contributed by atoms with Crippen LogP contribution in [0.2, 0.25) is 0 Å². The molecule has 0 aliphatic carbocycles. The van der Waals surface area contributed by atoms with Crippen LogP contribution in [0.15, 0.2) is 30.9 Å². The van der Waals surface area contributed by atoms with Gasteiger partial charge in [-0.2, -0.15) is 0 Å². The topological polar surface area (TPSA) is 65.0 Å². The van der Waals surface area contributed by atoms with Gasteiger partial charge in [-0.3, -0.25) is 0 Å². The van der Waals surface area contributed by atoms with Crippen molar-refractivity contribution in [3.8, 4) is 17.2 Å². The fraction of sp³-hybridized carbons (Fsp3) is 0.312. The van der Waals surface area contributed by atoms with Crippen molar-refractivity contribution in [3.05, 3.63) is 36.4 Å². The van der Waals surface area contributed by atoms with Crippen molar-refractivity contribution < 1.29 is 24.1 Å². The molecule has 0 heterocycles. The third kappa shape index (κ3) is 5.22. The molecule has 1 rings (SSSR count). The molecule has 0 aliphatic heterocycles. The first-order valence-corrected chi connectivity index (χ1v) is 6.53. The van der Waals surface area contributed by atoms with Crippen molar-refractivity contribution >= 4 is 12.0 Å². The molecular formula is C16H20O5. The van der Waals surface area contributed by atoms with E-state index in [2.05, 4.69) is 6.58 Å². The van der Waals surface area contributed by atoms with Gasteiger partial charge in [-0.25, -0.2) is 4.79 Å². The van der Waals surface area contributed by atoms with E-state index in [0.717, 1.165) is 18.9 Å². The Morgan fingerprint density at radius 2 is 1.90 bits per heavy atom. The Balaban J connectivity index is 3.00. The van der Waals surface area contributed by atoms with Gasteiger partial charge in [0.25, 0.3) is 0 Å². The molecule has 1 aromatic rings. The predicted octanol–water partition coefficient (Wildman–Crippen LogP) is 3.15. The minimum atomic E-state index is -1.02. The average Bonchev–Trinajstić information content (AvgIpc) is 2.49. The minimum absolute atomic E-state index is 0.498. The van der Waals surface area contributed by atoms with Crippen molar-refractivity contribution in [2.75, 3.05) is 20.8 Å². The Morgan fingerprint density at radius 1 is 1.29 bits per heavy atom. The van der Waals surface area contributed by atoms with Crippen molar-refractivity contribution in [3.63, 3.8) is 0 Å². The summed E-state index contributed by atoms with van der Waals surface area (Å²) in [6, 6.07) is 3.40. The summed E-state index contributed by atoms with van der Waals surface area (Å²) in [6.07, 6.45) is 6.06. The molecule has 0 unspecified atom stereocenters. The number of carboxylic acids is 1. The highest BCUT2D eigenvalue weighted by molar-refractivity contribution is 5.85. The molecule has 0 saturated heterocycles. The number of hydrogen-bond acceptors (Lipinski definition) is 4. The summed E-state index contributed by atoms with van der Waals surface area (Å²) in [7, 11) is 3.05. The fourth-order valence-corrected chi connectivity index (χ4v) is 1.71. The number of rotatable bonds is 9. The first-order chi connectivity index (χ1) is 10.1. The zero-order valence-electron chi connectivity index (χ0n) is 12.3. The fourth-order valence-electron chi connectivity index (χ4n) is 1.71. The van der Waals surface area contributed by atoms with Crippen LogP contribution in [-0.2, 0) is 4.79 Å². The van der Waals surface area contributed by atoms with Crippen molar-refractivity contribution in [2.24, 2.45) is 0 Å². The lowest BCUT2D eigenvalue weighted by Gasteiger charge is -2.15. The van der Waals surface area contributed by atoms with E-state index in [4.69, 9.17) is 19.3 Å². The predicted molar refractivity (Wildman–Crippen MR) is 81.1 cm³/mol. The highest BCUT2D eigenvalue weighted by atomic mass is 16.5. The highest BCUT2D eigenvalue weighted by Gasteiger charge is 2.13. The maximum absolute atomic E-state index is 10.6. The zero-order valence-corrected chi connectivity index (χ0v) is 12.3. The van der Waals surface area contributed by atoms with Crippen molar-refractivity contribution in [2.45, 2.75) is 12.8 Å². The molecule has 0 amide bonds. The number of unbranched alkanes of at least 4 members (excludes halogenated alkanes) is 1. The van der Waals surface area contributed by atoms with E-state index in [9.17, 15) is 4.79 Å². The van der Waals surface area contributed by atoms with Crippen LogP contribution >= 0.6 is 0 Å².